The van der Waals surface area contributed by atoms with E-state index in [2.05, 4.69) is 10.0 Å². The van der Waals surface area contributed by atoms with Crippen LogP contribution in [0.1, 0.15) is 21.5 Å². The molecular formula is C24H25N3O4S. The van der Waals surface area contributed by atoms with E-state index in [9.17, 15) is 18.0 Å². The van der Waals surface area contributed by atoms with Crippen molar-refractivity contribution in [2.45, 2.75) is 18.7 Å². The van der Waals surface area contributed by atoms with Gasteiger partial charge in [-0.2, -0.15) is 0 Å². The van der Waals surface area contributed by atoms with Gasteiger partial charge in [0.2, 0.25) is 5.91 Å². The second-order valence-electron chi connectivity index (χ2n) is 7.57. The average Bonchev–Trinajstić information content (AvgIpc) is 2.76. The number of amides is 2. The van der Waals surface area contributed by atoms with Gasteiger partial charge in [-0.15, -0.1) is 0 Å². The summed E-state index contributed by atoms with van der Waals surface area (Å²) in [5, 5.41) is 2.74. The van der Waals surface area contributed by atoms with Crippen molar-refractivity contribution in [2.24, 2.45) is 0 Å². The molecule has 0 unspecified atom stereocenters. The quantitative estimate of drug-likeness (QED) is 0.571. The molecule has 8 heteroatoms. The van der Waals surface area contributed by atoms with E-state index in [-0.39, 0.29) is 28.8 Å². The average molecular weight is 452 g/mol. The Bertz CT molecular complexity index is 1200. The minimum absolute atomic E-state index is 0.0365. The van der Waals surface area contributed by atoms with Gasteiger partial charge in [-0.05, 0) is 62.4 Å². The molecule has 0 aliphatic heterocycles. The van der Waals surface area contributed by atoms with Crippen LogP contribution in [-0.4, -0.2) is 38.7 Å². The number of aryl methyl sites for hydroxylation is 2. The first-order chi connectivity index (χ1) is 15.1. The number of nitrogens with zero attached hydrogens (tertiary/aromatic N) is 1. The SMILES string of the molecule is Cc1ccc(NC(=O)CN(C)C(=O)c2ccc(S(=O)(=O)Nc3ccc(C)cc3)cc2)cc1. The van der Waals surface area contributed by atoms with E-state index in [1.165, 1.54) is 36.2 Å². The summed E-state index contributed by atoms with van der Waals surface area (Å²) in [7, 11) is -2.27. The van der Waals surface area contributed by atoms with Gasteiger partial charge in [0.25, 0.3) is 15.9 Å². The molecule has 7 nitrogen and oxygen atoms in total. The van der Waals surface area contributed by atoms with E-state index in [1.807, 2.05) is 38.1 Å². The van der Waals surface area contributed by atoms with Crippen LogP contribution in [0.5, 0.6) is 0 Å². The molecule has 166 valence electrons. The van der Waals surface area contributed by atoms with Crippen LogP contribution in [-0.2, 0) is 14.8 Å². The number of sulfonamides is 1. The number of likely N-dealkylation sites (N-methyl/N-ethyl adjacent to an activating group) is 1. The summed E-state index contributed by atoms with van der Waals surface area (Å²) in [5.41, 5.74) is 3.49. The Morgan fingerprint density at radius 3 is 1.81 bits per heavy atom. The first-order valence-corrected chi connectivity index (χ1v) is 11.4. The van der Waals surface area contributed by atoms with Crippen LogP contribution in [0.2, 0.25) is 0 Å². The second-order valence-corrected chi connectivity index (χ2v) is 9.25. The minimum Gasteiger partial charge on any atom is -0.332 e. The molecule has 3 rings (SSSR count). The molecule has 32 heavy (non-hydrogen) atoms. The largest absolute Gasteiger partial charge is 0.332 e. The van der Waals surface area contributed by atoms with Gasteiger partial charge in [0, 0.05) is 24.0 Å². The molecule has 0 saturated heterocycles. The molecule has 0 spiro atoms. The summed E-state index contributed by atoms with van der Waals surface area (Å²) >= 11 is 0. The summed E-state index contributed by atoms with van der Waals surface area (Å²) in [5.74, 6) is -0.717. The first kappa shape index (κ1) is 23.0. The lowest BCUT2D eigenvalue weighted by Crippen LogP contribution is -2.34. The number of carbonyl (C=O) groups is 2. The number of carbonyl (C=O) groups excluding carboxylic acids is 2. The van der Waals surface area contributed by atoms with Crippen molar-refractivity contribution in [3.05, 3.63) is 89.5 Å². The van der Waals surface area contributed by atoms with Crippen molar-refractivity contribution < 1.29 is 18.0 Å². The molecule has 0 bridgehead atoms. The lowest BCUT2D eigenvalue weighted by atomic mass is 10.2. The fraction of sp³-hybridized carbons (Fsp3) is 0.167. The van der Waals surface area contributed by atoms with Gasteiger partial charge in [-0.25, -0.2) is 8.42 Å². The number of anilines is 2. The number of benzene rings is 3. The van der Waals surface area contributed by atoms with Gasteiger partial charge in [0.15, 0.2) is 0 Å². The first-order valence-electron chi connectivity index (χ1n) is 9.95. The molecule has 0 aromatic heterocycles. The van der Waals surface area contributed by atoms with E-state index < -0.39 is 10.0 Å². The Kier molecular flexibility index (Phi) is 6.95. The van der Waals surface area contributed by atoms with Crippen LogP contribution in [0, 0.1) is 13.8 Å². The third-order valence-electron chi connectivity index (χ3n) is 4.78. The highest BCUT2D eigenvalue weighted by Gasteiger charge is 2.18. The molecular weight excluding hydrogens is 426 g/mol. The summed E-state index contributed by atoms with van der Waals surface area (Å²) in [4.78, 5) is 26.2. The molecule has 0 fully saturated rings. The fourth-order valence-corrected chi connectivity index (χ4v) is 4.02. The maximum atomic E-state index is 12.6. The molecule has 3 aromatic carbocycles. The summed E-state index contributed by atoms with van der Waals surface area (Å²) in [6.07, 6.45) is 0. The lowest BCUT2D eigenvalue weighted by molar-refractivity contribution is -0.116. The number of hydrogen-bond acceptors (Lipinski definition) is 4. The zero-order valence-corrected chi connectivity index (χ0v) is 18.9. The second kappa shape index (κ2) is 9.65. The minimum atomic E-state index is -3.78. The summed E-state index contributed by atoms with van der Waals surface area (Å²) < 4.78 is 27.7. The van der Waals surface area contributed by atoms with E-state index >= 15 is 0 Å². The number of nitrogens with one attached hydrogen (secondary N) is 2. The van der Waals surface area contributed by atoms with Crippen molar-refractivity contribution in [2.75, 3.05) is 23.6 Å². The molecule has 0 saturated carbocycles. The van der Waals surface area contributed by atoms with Crippen molar-refractivity contribution in [1.29, 1.82) is 0 Å². The molecule has 0 atom stereocenters. The predicted molar refractivity (Wildman–Crippen MR) is 125 cm³/mol. The van der Waals surface area contributed by atoms with Gasteiger partial charge < -0.3 is 10.2 Å². The van der Waals surface area contributed by atoms with Gasteiger partial charge in [0.1, 0.15) is 0 Å². The number of hydrogen-bond donors (Lipinski definition) is 2. The molecule has 3 aromatic rings. The fourth-order valence-electron chi connectivity index (χ4n) is 2.96. The highest BCUT2D eigenvalue weighted by atomic mass is 32.2. The third-order valence-corrected chi connectivity index (χ3v) is 6.18. The highest BCUT2D eigenvalue weighted by molar-refractivity contribution is 7.92. The molecule has 0 heterocycles. The Hall–Kier alpha value is -3.65. The van der Waals surface area contributed by atoms with Crippen molar-refractivity contribution >= 4 is 33.2 Å². The molecule has 0 aliphatic carbocycles. The maximum absolute atomic E-state index is 12.6. The van der Waals surface area contributed by atoms with Gasteiger partial charge >= 0.3 is 0 Å². The van der Waals surface area contributed by atoms with Gasteiger partial charge in [-0.3, -0.25) is 14.3 Å². The van der Waals surface area contributed by atoms with E-state index in [4.69, 9.17) is 0 Å². The topological polar surface area (TPSA) is 95.6 Å². The zero-order valence-electron chi connectivity index (χ0n) is 18.1. The van der Waals surface area contributed by atoms with Crippen LogP contribution in [0.15, 0.2) is 77.7 Å². The van der Waals surface area contributed by atoms with Crippen LogP contribution in [0.3, 0.4) is 0 Å². The van der Waals surface area contributed by atoms with E-state index in [0.29, 0.717) is 11.4 Å². The molecule has 0 aliphatic rings. The highest BCUT2D eigenvalue weighted by Crippen LogP contribution is 2.18. The molecule has 2 amide bonds. The van der Waals surface area contributed by atoms with Crippen LogP contribution >= 0.6 is 0 Å². The Balaban J connectivity index is 1.62. The van der Waals surface area contributed by atoms with Gasteiger partial charge in [0.05, 0.1) is 11.4 Å². The van der Waals surface area contributed by atoms with E-state index in [0.717, 1.165) is 11.1 Å². The summed E-state index contributed by atoms with van der Waals surface area (Å²) in [6, 6.07) is 19.9. The van der Waals surface area contributed by atoms with Crippen LogP contribution in [0.4, 0.5) is 11.4 Å². The van der Waals surface area contributed by atoms with Crippen molar-refractivity contribution in [3.8, 4) is 0 Å². The molecule has 2 N–H and O–H groups in total. The Morgan fingerprint density at radius 2 is 1.28 bits per heavy atom. The maximum Gasteiger partial charge on any atom is 0.261 e. The van der Waals surface area contributed by atoms with Crippen LogP contribution < -0.4 is 10.0 Å². The number of rotatable bonds is 7. The predicted octanol–water partition coefficient (Wildman–Crippen LogP) is 3.81. The third kappa shape index (κ3) is 5.95. The van der Waals surface area contributed by atoms with Gasteiger partial charge in [-0.1, -0.05) is 35.4 Å². The normalized spacial score (nSPS) is 11.0. The van der Waals surface area contributed by atoms with Crippen molar-refractivity contribution in [3.63, 3.8) is 0 Å². The van der Waals surface area contributed by atoms with Crippen LogP contribution in [0.25, 0.3) is 0 Å². The smallest absolute Gasteiger partial charge is 0.261 e. The standard InChI is InChI=1S/C24H25N3O4S/c1-17-4-10-20(11-5-17)25-23(28)16-27(3)24(29)19-8-14-22(15-9-19)32(30,31)26-21-12-6-18(2)7-13-21/h4-15,26H,16H2,1-3H3,(H,25,28). The summed E-state index contributed by atoms with van der Waals surface area (Å²) in [6.45, 7) is 3.73. The zero-order chi connectivity index (χ0) is 23.3. The Labute approximate surface area is 188 Å². The monoisotopic (exact) mass is 451 g/mol. The lowest BCUT2D eigenvalue weighted by Gasteiger charge is -2.17. The molecule has 0 radical (unpaired) electrons. The Morgan fingerprint density at radius 1 is 0.781 bits per heavy atom. The van der Waals surface area contributed by atoms with E-state index in [1.54, 1.807) is 24.3 Å². The van der Waals surface area contributed by atoms with Crippen molar-refractivity contribution in [1.82, 2.24) is 4.90 Å².